The summed E-state index contributed by atoms with van der Waals surface area (Å²) in [6, 6.07) is 1.87. The molecule has 15 heavy (non-hydrogen) atoms. The number of carboxylic acids is 1. The van der Waals surface area contributed by atoms with Gasteiger partial charge in [-0.2, -0.15) is 0 Å². The van der Waals surface area contributed by atoms with Gasteiger partial charge in [-0.25, -0.2) is 4.98 Å². The standard InChI is InChI=1S/C11H12N2O2/c1-11-6(9(11)10(14)15)2-5-3-8(12)13-4-7(5)11/h3-4,6,9H,2H2,1H3,(H2,12,13)(H,14,15). The van der Waals surface area contributed by atoms with Gasteiger partial charge in [0.05, 0.1) is 5.92 Å². The van der Waals surface area contributed by atoms with Crippen molar-refractivity contribution in [3.8, 4) is 0 Å². The number of hydrogen-bond donors (Lipinski definition) is 2. The Morgan fingerprint density at radius 3 is 3.13 bits per heavy atom. The summed E-state index contributed by atoms with van der Waals surface area (Å²) in [6.07, 6.45) is 2.57. The van der Waals surface area contributed by atoms with Gasteiger partial charge in [-0.1, -0.05) is 6.92 Å². The molecule has 1 heterocycles. The first-order valence-corrected chi connectivity index (χ1v) is 5.03. The third kappa shape index (κ3) is 0.868. The molecule has 0 aromatic carbocycles. The maximum atomic E-state index is 11.0. The van der Waals surface area contributed by atoms with E-state index in [0.29, 0.717) is 5.82 Å². The highest BCUT2D eigenvalue weighted by Gasteiger charge is 2.69. The second-order valence-electron chi connectivity index (χ2n) is 4.68. The Bertz CT molecular complexity index is 472. The highest BCUT2D eigenvalue weighted by Crippen LogP contribution is 2.66. The van der Waals surface area contributed by atoms with Crippen LogP contribution in [0.5, 0.6) is 0 Å². The van der Waals surface area contributed by atoms with Gasteiger partial charge in [0.2, 0.25) is 0 Å². The summed E-state index contributed by atoms with van der Waals surface area (Å²) in [6.45, 7) is 2.01. The molecule has 3 rings (SSSR count). The van der Waals surface area contributed by atoms with Crippen molar-refractivity contribution in [2.45, 2.75) is 18.8 Å². The van der Waals surface area contributed by atoms with Crippen LogP contribution in [0.15, 0.2) is 12.3 Å². The molecule has 0 bridgehead atoms. The van der Waals surface area contributed by atoms with Crippen molar-refractivity contribution in [1.29, 1.82) is 0 Å². The van der Waals surface area contributed by atoms with Crippen molar-refractivity contribution in [2.24, 2.45) is 11.8 Å². The minimum atomic E-state index is -0.690. The van der Waals surface area contributed by atoms with Crippen molar-refractivity contribution in [2.75, 3.05) is 5.73 Å². The van der Waals surface area contributed by atoms with Gasteiger partial charge in [0.25, 0.3) is 0 Å². The average Bonchev–Trinajstić information content (AvgIpc) is 2.62. The molecule has 1 aromatic heterocycles. The zero-order valence-electron chi connectivity index (χ0n) is 8.40. The topological polar surface area (TPSA) is 76.2 Å². The first-order valence-electron chi connectivity index (χ1n) is 5.03. The zero-order chi connectivity index (χ0) is 10.8. The summed E-state index contributed by atoms with van der Waals surface area (Å²) in [5.74, 6) is -0.153. The van der Waals surface area contributed by atoms with E-state index in [-0.39, 0.29) is 17.3 Å². The van der Waals surface area contributed by atoms with Gasteiger partial charge < -0.3 is 10.8 Å². The fourth-order valence-corrected chi connectivity index (χ4v) is 3.13. The minimum absolute atomic E-state index is 0.193. The van der Waals surface area contributed by atoms with Gasteiger partial charge in [-0.15, -0.1) is 0 Å². The second-order valence-corrected chi connectivity index (χ2v) is 4.68. The van der Waals surface area contributed by atoms with Gasteiger partial charge in [0.15, 0.2) is 0 Å². The van der Waals surface area contributed by atoms with Crippen LogP contribution in [-0.2, 0) is 16.6 Å². The molecular formula is C11H12N2O2. The Morgan fingerprint density at radius 1 is 1.73 bits per heavy atom. The highest BCUT2D eigenvalue weighted by molar-refractivity contribution is 5.80. The number of anilines is 1. The fourth-order valence-electron chi connectivity index (χ4n) is 3.13. The number of nitrogens with zero attached hydrogens (tertiary/aromatic N) is 1. The Morgan fingerprint density at radius 2 is 2.47 bits per heavy atom. The van der Waals surface area contributed by atoms with E-state index in [2.05, 4.69) is 4.98 Å². The van der Waals surface area contributed by atoms with Gasteiger partial charge in [0.1, 0.15) is 5.82 Å². The third-order valence-corrected chi connectivity index (χ3v) is 4.01. The summed E-state index contributed by atoms with van der Waals surface area (Å²) >= 11 is 0. The van der Waals surface area contributed by atoms with E-state index in [1.54, 1.807) is 6.20 Å². The first kappa shape index (κ1) is 8.71. The van der Waals surface area contributed by atoms with Crippen LogP contribution in [0.1, 0.15) is 18.1 Å². The summed E-state index contributed by atoms with van der Waals surface area (Å²) < 4.78 is 0. The van der Waals surface area contributed by atoms with Crippen molar-refractivity contribution in [3.05, 3.63) is 23.4 Å². The summed E-state index contributed by atoms with van der Waals surface area (Å²) in [4.78, 5) is 15.1. The van der Waals surface area contributed by atoms with E-state index in [0.717, 1.165) is 12.0 Å². The van der Waals surface area contributed by atoms with Crippen molar-refractivity contribution >= 4 is 11.8 Å². The molecular weight excluding hydrogens is 192 g/mol. The molecule has 3 unspecified atom stereocenters. The smallest absolute Gasteiger partial charge is 0.307 e. The van der Waals surface area contributed by atoms with Crippen LogP contribution in [0.25, 0.3) is 0 Å². The van der Waals surface area contributed by atoms with Crippen LogP contribution in [0.2, 0.25) is 0 Å². The summed E-state index contributed by atoms with van der Waals surface area (Å²) in [5.41, 5.74) is 7.66. The zero-order valence-corrected chi connectivity index (χ0v) is 8.40. The normalized spacial score (nSPS) is 35.8. The lowest BCUT2D eigenvalue weighted by Crippen LogP contribution is -2.13. The van der Waals surface area contributed by atoms with Crippen LogP contribution < -0.4 is 5.73 Å². The molecule has 2 aliphatic rings. The van der Waals surface area contributed by atoms with E-state index >= 15 is 0 Å². The minimum Gasteiger partial charge on any atom is -0.481 e. The number of nitrogens with two attached hydrogens (primary N) is 1. The van der Waals surface area contributed by atoms with Crippen molar-refractivity contribution in [3.63, 3.8) is 0 Å². The Kier molecular flexibility index (Phi) is 1.35. The highest BCUT2D eigenvalue weighted by atomic mass is 16.4. The predicted molar refractivity (Wildman–Crippen MR) is 54.3 cm³/mol. The SMILES string of the molecule is CC12c3cnc(N)cc3CC1C2C(=O)O. The van der Waals surface area contributed by atoms with Gasteiger partial charge >= 0.3 is 5.97 Å². The molecule has 1 saturated carbocycles. The molecule has 3 N–H and O–H groups in total. The van der Waals surface area contributed by atoms with E-state index in [4.69, 9.17) is 10.8 Å². The molecule has 4 nitrogen and oxygen atoms in total. The number of carbonyl (C=O) groups is 1. The lowest BCUT2D eigenvalue weighted by molar-refractivity contribution is -0.139. The number of fused-ring (bicyclic) bond motifs is 3. The molecule has 2 aliphatic carbocycles. The number of hydrogen-bond acceptors (Lipinski definition) is 3. The predicted octanol–water partition coefficient (Wildman–Crippen LogP) is 0.808. The quantitative estimate of drug-likeness (QED) is 0.709. The number of aromatic nitrogens is 1. The van der Waals surface area contributed by atoms with Gasteiger partial charge in [-0.05, 0) is 29.5 Å². The third-order valence-electron chi connectivity index (χ3n) is 4.01. The number of carboxylic acid groups (broad SMARTS) is 1. The summed E-state index contributed by atoms with van der Waals surface area (Å²) in [7, 11) is 0. The lowest BCUT2D eigenvalue weighted by atomic mass is 9.96. The van der Waals surface area contributed by atoms with Crippen LogP contribution in [-0.4, -0.2) is 16.1 Å². The van der Waals surface area contributed by atoms with Gasteiger partial charge in [0, 0.05) is 11.6 Å². The van der Waals surface area contributed by atoms with E-state index in [1.807, 2.05) is 13.0 Å². The molecule has 4 heteroatoms. The van der Waals surface area contributed by atoms with Crippen molar-refractivity contribution < 1.29 is 9.90 Å². The largest absolute Gasteiger partial charge is 0.481 e. The van der Waals surface area contributed by atoms with Crippen LogP contribution in [0.4, 0.5) is 5.82 Å². The molecule has 0 saturated heterocycles. The Labute approximate surface area is 87.1 Å². The first-order chi connectivity index (χ1) is 7.05. The second kappa shape index (κ2) is 2.32. The molecule has 0 aliphatic heterocycles. The molecule has 0 amide bonds. The summed E-state index contributed by atoms with van der Waals surface area (Å²) in [5, 5.41) is 9.06. The average molecular weight is 204 g/mol. The Hall–Kier alpha value is -1.58. The molecule has 3 atom stereocenters. The molecule has 78 valence electrons. The Balaban J connectivity index is 2.08. The molecule has 0 radical (unpaired) electrons. The number of rotatable bonds is 1. The van der Waals surface area contributed by atoms with E-state index < -0.39 is 5.97 Å². The fraction of sp³-hybridized carbons (Fsp3) is 0.455. The number of nitrogen functional groups attached to an aromatic ring is 1. The lowest BCUT2D eigenvalue weighted by Gasteiger charge is -2.11. The number of pyridine rings is 1. The van der Waals surface area contributed by atoms with Crippen LogP contribution in [0.3, 0.4) is 0 Å². The number of aliphatic carboxylic acids is 1. The van der Waals surface area contributed by atoms with Crippen LogP contribution in [0, 0.1) is 11.8 Å². The maximum Gasteiger partial charge on any atom is 0.307 e. The maximum absolute atomic E-state index is 11.0. The van der Waals surface area contributed by atoms with Crippen molar-refractivity contribution in [1.82, 2.24) is 4.98 Å². The molecule has 1 fully saturated rings. The monoisotopic (exact) mass is 204 g/mol. The molecule has 1 aromatic rings. The van der Waals surface area contributed by atoms with Gasteiger partial charge in [-0.3, -0.25) is 4.79 Å². The molecule has 0 spiro atoms. The van der Waals surface area contributed by atoms with E-state index in [9.17, 15) is 4.79 Å². The van der Waals surface area contributed by atoms with Crippen LogP contribution >= 0.6 is 0 Å². The van der Waals surface area contributed by atoms with E-state index in [1.165, 1.54) is 5.56 Å².